The molecule has 18 heavy (non-hydrogen) atoms. The Labute approximate surface area is 116 Å². The van der Waals surface area contributed by atoms with Crippen LogP contribution in [-0.4, -0.2) is 11.6 Å². The highest BCUT2D eigenvalue weighted by atomic mass is 35.5. The first-order valence-corrected chi connectivity index (χ1v) is 7.00. The maximum atomic E-state index is 5.82. The molecule has 0 spiro atoms. The van der Waals surface area contributed by atoms with Crippen LogP contribution >= 0.6 is 22.9 Å². The predicted molar refractivity (Wildman–Crippen MR) is 75.3 cm³/mol. The van der Waals surface area contributed by atoms with Crippen molar-refractivity contribution in [3.8, 4) is 5.75 Å². The lowest BCUT2D eigenvalue weighted by molar-refractivity contribution is 0.340. The first-order chi connectivity index (χ1) is 8.78. The molecule has 0 aliphatic heterocycles. The van der Waals surface area contributed by atoms with Gasteiger partial charge in [-0.15, -0.1) is 11.3 Å². The zero-order valence-corrected chi connectivity index (χ0v) is 11.7. The highest BCUT2D eigenvalue weighted by molar-refractivity contribution is 7.15. The summed E-state index contributed by atoms with van der Waals surface area (Å²) in [7, 11) is 0. The van der Waals surface area contributed by atoms with Crippen molar-refractivity contribution in [2.75, 3.05) is 6.61 Å². The lowest BCUT2D eigenvalue weighted by Gasteiger charge is -2.06. The molecule has 0 amide bonds. The minimum Gasteiger partial charge on any atom is -0.494 e. The molecule has 0 radical (unpaired) electrons. The summed E-state index contributed by atoms with van der Waals surface area (Å²) < 4.78 is 6.19. The second-order valence-electron chi connectivity index (χ2n) is 3.74. The molecule has 0 atom stereocenters. The smallest absolute Gasteiger partial charge is 0.119 e. The monoisotopic (exact) mass is 282 g/mol. The molecular weight excluding hydrogens is 268 g/mol. The predicted octanol–water partition coefficient (Wildman–Crippen LogP) is 3.49. The van der Waals surface area contributed by atoms with Gasteiger partial charge in [-0.05, 0) is 24.6 Å². The Balaban J connectivity index is 1.84. The van der Waals surface area contributed by atoms with E-state index >= 15 is 0 Å². The average Bonchev–Trinajstić information content (AvgIpc) is 2.76. The summed E-state index contributed by atoms with van der Waals surface area (Å²) in [5.41, 5.74) is 1.20. The molecule has 1 aromatic carbocycles. The van der Waals surface area contributed by atoms with Crippen LogP contribution in [0.3, 0.4) is 0 Å². The largest absolute Gasteiger partial charge is 0.494 e. The van der Waals surface area contributed by atoms with Crippen LogP contribution in [-0.2, 0) is 13.1 Å². The summed E-state index contributed by atoms with van der Waals surface area (Å²) >= 11 is 7.32. The van der Waals surface area contributed by atoms with E-state index in [1.54, 1.807) is 6.20 Å². The molecule has 2 rings (SSSR count). The van der Waals surface area contributed by atoms with Crippen LogP contribution in [0.4, 0.5) is 0 Å². The Morgan fingerprint density at radius 1 is 1.39 bits per heavy atom. The molecule has 2 aromatic rings. The number of thiazole rings is 1. The van der Waals surface area contributed by atoms with Crippen molar-refractivity contribution in [1.82, 2.24) is 10.3 Å². The second kappa shape index (κ2) is 6.73. The van der Waals surface area contributed by atoms with Crippen LogP contribution in [0.1, 0.15) is 17.5 Å². The molecule has 96 valence electrons. The van der Waals surface area contributed by atoms with Gasteiger partial charge in [-0.1, -0.05) is 23.7 Å². The zero-order chi connectivity index (χ0) is 12.8. The van der Waals surface area contributed by atoms with Crippen LogP contribution in [0, 0.1) is 0 Å². The summed E-state index contributed by atoms with van der Waals surface area (Å²) in [5, 5.41) is 4.34. The molecule has 0 aliphatic rings. The van der Waals surface area contributed by atoms with Gasteiger partial charge in [0.1, 0.15) is 15.1 Å². The average molecular weight is 283 g/mol. The van der Waals surface area contributed by atoms with Gasteiger partial charge in [-0.3, -0.25) is 0 Å². The quantitative estimate of drug-likeness (QED) is 0.881. The molecule has 1 N–H and O–H groups in total. The van der Waals surface area contributed by atoms with Crippen molar-refractivity contribution in [3.05, 3.63) is 45.4 Å². The van der Waals surface area contributed by atoms with Crippen LogP contribution in [0.25, 0.3) is 0 Å². The SMILES string of the molecule is CCOc1cccc(CNCc2ncc(Cl)s2)c1. The van der Waals surface area contributed by atoms with Crippen molar-refractivity contribution in [2.45, 2.75) is 20.0 Å². The number of benzene rings is 1. The number of aromatic nitrogens is 1. The summed E-state index contributed by atoms with van der Waals surface area (Å²) in [6.07, 6.45) is 1.68. The lowest BCUT2D eigenvalue weighted by atomic mass is 10.2. The zero-order valence-electron chi connectivity index (χ0n) is 10.1. The highest BCUT2D eigenvalue weighted by Gasteiger charge is 2.00. The number of rotatable bonds is 6. The fourth-order valence-electron chi connectivity index (χ4n) is 1.60. The molecule has 0 saturated carbocycles. The molecule has 0 fully saturated rings. The van der Waals surface area contributed by atoms with Crippen LogP contribution in [0.5, 0.6) is 5.75 Å². The van der Waals surface area contributed by atoms with Crippen molar-refractivity contribution < 1.29 is 4.74 Å². The van der Waals surface area contributed by atoms with Crippen LogP contribution in [0.15, 0.2) is 30.5 Å². The summed E-state index contributed by atoms with van der Waals surface area (Å²) in [6.45, 7) is 4.19. The van der Waals surface area contributed by atoms with E-state index in [9.17, 15) is 0 Å². The fraction of sp³-hybridized carbons (Fsp3) is 0.308. The molecule has 0 unspecified atom stereocenters. The third-order valence-corrected chi connectivity index (χ3v) is 3.45. The van der Waals surface area contributed by atoms with E-state index in [-0.39, 0.29) is 0 Å². The Hall–Kier alpha value is -1.10. The van der Waals surface area contributed by atoms with E-state index in [4.69, 9.17) is 16.3 Å². The first-order valence-electron chi connectivity index (χ1n) is 5.80. The normalized spacial score (nSPS) is 10.6. The molecule has 0 saturated heterocycles. The van der Waals surface area contributed by atoms with E-state index in [2.05, 4.69) is 16.4 Å². The van der Waals surface area contributed by atoms with Gasteiger partial charge in [0.05, 0.1) is 12.8 Å². The molecule has 5 heteroatoms. The van der Waals surface area contributed by atoms with E-state index in [0.29, 0.717) is 6.61 Å². The van der Waals surface area contributed by atoms with Crippen LogP contribution < -0.4 is 10.1 Å². The molecule has 0 bridgehead atoms. The third kappa shape index (κ3) is 3.98. The van der Waals surface area contributed by atoms with Crippen molar-refractivity contribution in [1.29, 1.82) is 0 Å². The van der Waals surface area contributed by atoms with Crippen molar-refractivity contribution >= 4 is 22.9 Å². The van der Waals surface area contributed by atoms with Crippen molar-refractivity contribution in [2.24, 2.45) is 0 Å². The Kier molecular flexibility index (Phi) is 4.99. The number of nitrogens with zero attached hydrogens (tertiary/aromatic N) is 1. The van der Waals surface area contributed by atoms with Gasteiger partial charge in [-0.2, -0.15) is 0 Å². The number of ether oxygens (including phenoxy) is 1. The number of halogens is 1. The Morgan fingerprint density at radius 2 is 2.28 bits per heavy atom. The summed E-state index contributed by atoms with van der Waals surface area (Å²) in [6, 6.07) is 8.09. The minimum atomic E-state index is 0.689. The molecule has 1 aromatic heterocycles. The van der Waals surface area contributed by atoms with Gasteiger partial charge >= 0.3 is 0 Å². The summed E-state index contributed by atoms with van der Waals surface area (Å²) in [5.74, 6) is 0.911. The van der Waals surface area contributed by atoms with Gasteiger partial charge in [0, 0.05) is 13.1 Å². The maximum Gasteiger partial charge on any atom is 0.119 e. The minimum absolute atomic E-state index is 0.689. The van der Waals surface area contributed by atoms with Crippen LogP contribution in [0.2, 0.25) is 4.34 Å². The first kappa shape index (κ1) is 13.3. The van der Waals surface area contributed by atoms with E-state index in [1.165, 1.54) is 16.9 Å². The molecule has 3 nitrogen and oxygen atoms in total. The van der Waals surface area contributed by atoms with E-state index in [0.717, 1.165) is 28.2 Å². The molecular formula is C13H15ClN2OS. The van der Waals surface area contributed by atoms with Gasteiger partial charge in [-0.25, -0.2) is 4.98 Å². The van der Waals surface area contributed by atoms with E-state index in [1.807, 2.05) is 25.1 Å². The Bertz CT molecular complexity index is 501. The van der Waals surface area contributed by atoms with E-state index < -0.39 is 0 Å². The van der Waals surface area contributed by atoms with Gasteiger partial charge in [0.2, 0.25) is 0 Å². The Morgan fingerprint density at radius 3 is 3.00 bits per heavy atom. The van der Waals surface area contributed by atoms with Gasteiger partial charge in [0.15, 0.2) is 0 Å². The van der Waals surface area contributed by atoms with Gasteiger partial charge in [0.25, 0.3) is 0 Å². The number of hydrogen-bond acceptors (Lipinski definition) is 4. The van der Waals surface area contributed by atoms with Gasteiger partial charge < -0.3 is 10.1 Å². The number of hydrogen-bond donors (Lipinski definition) is 1. The summed E-state index contributed by atoms with van der Waals surface area (Å²) in [4.78, 5) is 4.19. The molecule has 1 heterocycles. The standard InChI is InChI=1S/C13H15ClN2OS/c1-2-17-11-5-3-4-10(6-11)7-15-9-13-16-8-12(14)18-13/h3-6,8,15H,2,7,9H2,1H3. The number of nitrogens with one attached hydrogen (secondary N) is 1. The topological polar surface area (TPSA) is 34.1 Å². The molecule has 0 aliphatic carbocycles. The maximum absolute atomic E-state index is 5.82. The highest BCUT2D eigenvalue weighted by Crippen LogP contribution is 2.18. The fourth-order valence-corrected chi connectivity index (χ4v) is 2.52. The lowest BCUT2D eigenvalue weighted by Crippen LogP contribution is -2.12. The third-order valence-electron chi connectivity index (χ3n) is 2.34. The second-order valence-corrected chi connectivity index (χ2v) is 5.49. The van der Waals surface area contributed by atoms with Crippen molar-refractivity contribution in [3.63, 3.8) is 0 Å².